The van der Waals surface area contributed by atoms with Crippen molar-refractivity contribution in [2.75, 3.05) is 13.1 Å². The Morgan fingerprint density at radius 1 is 1.27 bits per heavy atom. The lowest BCUT2D eigenvalue weighted by atomic mass is 9.96. The largest absolute Gasteiger partial charge is 0.338 e. The Morgan fingerprint density at radius 3 is 2.88 bits per heavy atom. The van der Waals surface area contributed by atoms with E-state index in [4.69, 9.17) is 0 Å². The molecule has 0 aromatic carbocycles. The monoisotopic (exact) mass is 366 g/mol. The maximum Gasteiger partial charge on any atom is 0.253 e. The molecule has 4 rings (SSSR count). The highest BCUT2D eigenvalue weighted by Crippen LogP contribution is 2.27. The summed E-state index contributed by atoms with van der Waals surface area (Å²) in [6.45, 7) is 1.27. The SMILES string of the molecule is O=C(c1ccncc1)N1CCCC(c2nc(-c3cccs3)cc(=O)[nH]2)C1. The Hall–Kier alpha value is -2.80. The number of thiophene rings is 1. The van der Waals surface area contributed by atoms with Gasteiger partial charge in [-0.05, 0) is 36.4 Å². The van der Waals surface area contributed by atoms with E-state index in [0.29, 0.717) is 30.2 Å². The van der Waals surface area contributed by atoms with Crippen LogP contribution in [0.4, 0.5) is 0 Å². The van der Waals surface area contributed by atoms with Gasteiger partial charge in [-0.15, -0.1) is 11.3 Å². The normalized spacial score (nSPS) is 17.2. The van der Waals surface area contributed by atoms with Crippen molar-refractivity contribution in [1.29, 1.82) is 0 Å². The topological polar surface area (TPSA) is 79.0 Å². The van der Waals surface area contributed by atoms with E-state index in [2.05, 4.69) is 15.0 Å². The van der Waals surface area contributed by atoms with Gasteiger partial charge in [0.1, 0.15) is 5.82 Å². The maximum atomic E-state index is 12.7. The second kappa shape index (κ2) is 7.21. The predicted octanol–water partition coefficient (Wildman–Crippen LogP) is 2.91. The van der Waals surface area contributed by atoms with Gasteiger partial charge in [-0.1, -0.05) is 6.07 Å². The molecule has 1 amide bonds. The number of pyridine rings is 1. The fraction of sp³-hybridized carbons (Fsp3) is 0.263. The summed E-state index contributed by atoms with van der Waals surface area (Å²) >= 11 is 1.56. The predicted molar refractivity (Wildman–Crippen MR) is 100 cm³/mol. The first-order valence-electron chi connectivity index (χ1n) is 8.55. The van der Waals surface area contributed by atoms with E-state index >= 15 is 0 Å². The summed E-state index contributed by atoms with van der Waals surface area (Å²) < 4.78 is 0. The summed E-state index contributed by atoms with van der Waals surface area (Å²) in [5.41, 5.74) is 1.17. The summed E-state index contributed by atoms with van der Waals surface area (Å²) in [6.07, 6.45) is 5.03. The third kappa shape index (κ3) is 3.43. The number of aromatic amines is 1. The molecule has 26 heavy (non-hydrogen) atoms. The number of amides is 1. The van der Waals surface area contributed by atoms with E-state index in [-0.39, 0.29) is 17.4 Å². The number of hydrogen-bond donors (Lipinski definition) is 1. The van der Waals surface area contributed by atoms with Gasteiger partial charge >= 0.3 is 0 Å². The third-order valence-electron chi connectivity index (χ3n) is 4.56. The number of nitrogens with one attached hydrogen (secondary N) is 1. The Bertz CT molecular complexity index is 953. The first-order chi connectivity index (χ1) is 12.7. The van der Waals surface area contributed by atoms with Crippen molar-refractivity contribution in [3.8, 4) is 10.6 Å². The number of carbonyl (C=O) groups is 1. The summed E-state index contributed by atoms with van der Waals surface area (Å²) in [5, 5.41) is 1.97. The van der Waals surface area contributed by atoms with Gasteiger partial charge in [-0.3, -0.25) is 14.6 Å². The number of hydrogen-bond acceptors (Lipinski definition) is 5. The van der Waals surface area contributed by atoms with Crippen molar-refractivity contribution in [2.24, 2.45) is 0 Å². The molecule has 0 aliphatic carbocycles. The lowest BCUT2D eigenvalue weighted by Crippen LogP contribution is -2.39. The van der Waals surface area contributed by atoms with Crippen LogP contribution >= 0.6 is 11.3 Å². The number of likely N-dealkylation sites (tertiary alicyclic amines) is 1. The van der Waals surface area contributed by atoms with Crippen LogP contribution < -0.4 is 5.56 Å². The van der Waals surface area contributed by atoms with E-state index in [1.165, 1.54) is 6.07 Å². The van der Waals surface area contributed by atoms with E-state index in [1.54, 1.807) is 35.9 Å². The zero-order valence-electron chi connectivity index (χ0n) is 14.1. The molecule has 1 aliphatic heterocycles. The molecule has 1 aliphatic rings. The number of carbonyl (C=O) groups excluding carboxylic acids is 1. The minimum Gasteiger partial charge on any atom is -0.338 e. The van der Waals surface area contributed by atoms with Crippen molar-refractivity contribution in [2.45, 2.75) is 18.8 Å². The van der Waals surface area contributed by atoms with Crippen LogP contribution in [0.5, 0.6) is 0 Å². The average molecular weight is 366 g/mol. The van der Waals surface area contributed by atoms with Crippen LogP contribution in [0.2, 0.25) is 0 Å². The second-order valence-corrected chi connectivity index (χ2v) is 7.27. The molecule has 0 saturated carbocycles. The van der Waals surface area contributed by atoms with Crippen molar-refractivity contribution in [3.05, 3.63) is 69.8 Å². The number of rotatable bonds is 3. The molecular formula is C19H18N4O2S. The third-order valence-corrected chi connectivity index (χ3v) is 5.45. The Balaban J connectivity index is 1.58. The molecule has 1 saturated heterocycles. The standard InChI is InChI=1S/C19H18N4O2S/c24-17-11-15(16-4-2-10-26-16)21-18(22-17)14-3-1-9-23(12-14)19(25)13-5-7-20-8-6-13/h2,4-8,10-11,14H,1,3,9,12H2,(H,21,22,24). The minimum absolute atomic E-state index is 0.00569. The average Bonchev–Trinajstić information content (AvgIpc) is 3.23. The molecule has 3 aromatic heterocycles. The van der Waals surface area contributed by atoms with Gasteiger partial charge in [0.2, 0.25) is 0 Å². The van der Waals surface area contributed by atoms with Crippen LogP contribution in [0.1, 0.15) is 34.9 Å². The molecule has 0 bridgehead atoms. The van der Waals surface area contributed by atoms with Crippen LogP contribution in [0.15, 0.2) is 52.9 Å². The molecule has 132 valence electrons. The van der Waals surface area contributed by atoms with Crippen LogP contribution in [0.3, 0.4) is 0 Å². The molecule has 6 nitrogen and oxygen atoms in total. The highest BCUT2D eigenvalue weighted by atomic mass is 32.1. The van der Waals surface area contributed by atoms with Crippen LogP contribution in [0, 0.1) is 0 Å². The van der Waals surface area contributed by atoms with Gasteiger partial charge in [-0.25, -0.2) is 4.98 Å². The lowest BCUT2D eigenvalue weighted by Gasteiger charge is -2.32. The maximum absolute atomic E-state index is 12.7. The van der Waals surface area contributed by atoms with Crippen molar-refractivity contribution < 1.29 is 4.79 Å². The smallest absolute Gasteiger partial charge is 0.253 e. The molecule has 0 radical (unpaired) electrons. The molecule has 1 fully saturated rings. The van der Waals surface area contributed by atoms with Crippen LogP contribution in [-0.4, -0.2) is 38.8 Å². The summed E-state index contributed by atoms with van der Waals surface area (Å²) in [7, 11) is 0. The van der Waals surface area contributed by atoms with Gasteiger partial charge in [0.05, 0.1) is 10.6 Å². The summed E-state index contributed by atoms with van der Waals surface area (Å²) in [6, 6.07) is 8.87. The van der Waals surface area contributed by atoms with Gasteiger partial charge < -0.3 is 9.88 Å². The van der Waals surface area contributed by atoms with E-state index in [9.17, 15) is 9.59 Å². The first kappa shape index (κ1) is 16.7. The molecule has 3 aromatic rings. The second-order valence-electron chi connectivity index (χ2n) is 6.32. The van der Waals surface area contributed by atoms with Crippen molar-refractivity contribution in [3.63, 3.8) is 0 Å². The van der Waals surface area contributed by atoms with Gasteiger partial charge in [0.25, 0.3) is 11.5 Å². The van der Waals surface area contributed by atoms with E-state index in [0.717, 1.165) is 17.7 Å². The fourth-order valence-electron chi connectivity index (χ4n) is 3.28. The number of piperidine rings is 1. The van der Waals surface area contributed by atoms with E-state index in [1.807, 2.05) is 22.4 Å². The highest BCUT2D eigenvalue weighted by Gasteiger charge is 2.27. The number of nitrogens with zero attached hydrogens (tertiary/aromatic N) is 3. The molecular weight excluding hydrogens is 348 g/mol. The molecule has 7 heteroatoms. The van der Waals surface area contributed by atoms with Gasteiger partial charge in [0, 0.05) is 43.0 Å². The summed E-state index contributed by atoms with van der Waals surface area (Å²) in [5.74, 6) is 0.684. The zero-order valence-corrected chi connectivity index (χ0v) is 14.9. The molecule has 1 atom stereocenters. The molecule has 1 unspecified atom stereocenters. The summed E-state index contributed by atoms with van der Waals surface area (Å²) in [4.78, 5) is 39.1. The van der Waals surface area contributed by atoms with Crippen LogP contribution in [0.25, 0.3) is 10.6 Å². The Kier molecular flexibility index (Phi) is 4.62. The molecule has 0 spiro atoms. The van der Waals surface area contributed by atoms with E-state index < -0.39 is 0 Å². The quantitative estimate of drug-likeness (QED) is 0.773. The van der Waals surface area contributed by atoms with Crippen molar-refractivity contribution >= 4 is 17.2 Å². The highest BCUT2D eigenvalue weighted by molar-refractivity contribution is 7.13. The Morgan fingerprint density at radius 2 is 2.12 bits per heavy atom. The Labute approximate surface area is 154 Å². The minimum atomic E-state index is -0.156. The van der Waals surface area contributed by atoms with Crippen LogP contribution in [-0.2, 0) is 0 Å². The first-order valence-corrected chi connectivity index (χ1v) is 9.43. The fourth-order valence-corrected chi connectivity index (χ4v) is 3.97. The number of aromatic nitrogens is 3. The van der Waals surface area contributed by atoms with Gasteiger partial charge in [-0.2, -0.15) is 0 Å². The molecule has 4 heterocycles. The molecule has 1 N–H and O–H groups in total. The zero-order chi connectivity index (χ0) is 17.9. The lowest BCUT2D eigenvalue weighted by molar-refractivity contribution is 0.0704. The number of H-pyrrole nitrogens is 1. The van der Waals surface area contributed by atoms with Gasteiger partial charge in [0.15, 0.2) is 0 Å². The van der Waals surface area contributed by atoms with Crippen molar-refractivity contribution in [1.82, 2.24) is 19.9 Å².